The lowest BCUT2D eigenvalue weighted by Gasteiger charge is -2.35. The minimum atomic E-state index is 0.543. The summed E-state index contributed by atoms with van der Waals surface area (Å²) >= 11 is 0. The Morgan fingerprint density at radius 3 is 2.94 bits per heavy atom. The van der Waals surface area contributed by atoms with E-state index in [9.17, 15) is 0 Å². The van der Waals surface area contributed by atoms with Gasteiger partial charge in [0.1, 0.15) is 0 Å². The van der Waals surface area contributed by atoms with Crippen molar-refractivity contribution in [2.45, 2.75) is 51.2 Å². The van der Waals surface area contributed by atoms with Crippen molar-refractivity contribution in [2.24, 2.45) is 5.92 Å². The van der Waals surface area contributed by atoms with Gasteiger partial charge in [0, 0.05) is 12.6 Å². The molecule has 2 rings (SSSR count). The first kappa shape index (κ1) is 12.3. The Hall–Kier alpha value is -0.120. The summed E-state index contributed by atoms with van der Waals surface area (Å²) < 4.78 is 5.55. The van der Waals surface area contributed by atoms with Crippen LogP contribution in [0.1, 0.15) is 39.0 Å². The Kier molecular flexibility index (Phi) is 5.07. The lowest BCUT2D eigenvalue weighted by atomic mass is 9.89. The molecule has 3 heteroatoms. The molecule has 0 aromatic rings. The molecule has 0 spiro atoms. The third-order valence-electron chi connectivity index (χ3n) is 3.88. The van der Waals surface area contributed by atoms with Crippen LogP contribution >= 0.6 is 0 Å². The van der Waals surface area contributed by atoms with Crippen molar-refractivity contribution in [1.82, 2.24) is 10.6 Å². The summed E-state index contributed by atoms with van der Waals surface area (Å²) in [6, 6.07) is 0.734. The van der Waals surface area contributed by atoms with Gasteiger partial charge in [0.15, 0.2) is 0 Å². The molecule has 16 heavy (non-hydrogen) atoms. The molecule has 0 aromatic carbocycles. The summed E-state index contributed by atoms with van der Waals surface area (Å²) in [5.41, 5.74) is 0. The zero-order valence-corrected chi connectivity index (χ0v) is 10.5. The van der Waals surface area contributed by atoms with Gasteiger partial charge >= 0.3 is 0 Å². The summed E-state index contributed by atoms with van der Waals surface area (Å²) in [5, 5.41) is 7.06. The highest BCUT2D eigenvalue weighted by Gasteiger charge is 2.28. The molecule has 2 fully saturated rings. The molecule has 1 unspecified atom stereocenters. The molecule has 1 heterocycles. The van der Waals surface area contributed by atoms with Crippen LogP contribution in [-0.2, 0) is 4.74 Å². The van der Waals surface area contributed by atoms with Gasteiger partial charge in [-0.2, -0.15) is 0 Å². The molecule has 94 valence electrons. The molecule has 0 bridgehead atoms. The first-order valence-corrected chi connectivity index (χ1v) is 6.94. The number of ether oxygens (including phenoxy) is 1. The molecule has 2 aliphatic rings. The molecular weight excluding hydrogens is 200 g/mol. The SMILES string of the molecule is CCOC1CC(NCCCC2CCNC2)C1. The first-order valence-electron chi connectivity index (χ1n) is 6.94. The highest BCUT2D eigenvalue weighted by molar-refractivity contribution is 4.85. The van der Waals surface area contributed by atoms with Crippen molar-refractivity contribution in [3.05, 3.63) is 0 Å². The van der Waals surface area contributed by atoms with Gasteiger partial charge in [0.05, 0.1) is 6.10 Å². The normalized spacial score (nSPS) is 33.9. The van der Waals surface area contributed by atoms with Gasteiger partial charge in [-0.05, 0) is 64.6 Å². The lowest BCUT2D eigenvalue weighted by Crippen LogP contribution is -2.45. The molecule has 1 saturated carbocycles. The van der Waals surface area contributed by atoms with Crippen molar-refractivity contribution in [1.29, 1.82) is 0 Å². The van der Waals surface area contributed by atoms with E-state index in [4.69, 9.17) is 4.74 Å². The van der Waals surface area contributed by atoms with Gasteiger partial charge in [-0.3, -0.25) is 0 Å². The van der Waals surface area contributed by atoms with Crippen LogP contribution < -0.4 is 10.6 Å². The van der Waals surface area contributed by atoms with E-state index >= 15 is 0 Å². The Balaban J connectivity index is 1.41. The second-order valence-corrected chi connectivity index (χ2v) is 5.20. The van der Waals surface area contributed by atoms with E-state index in [2.05, 4.69) is 17.6 Å². The maximum absolute atomic E-state index is 5.55. The average molecular weight is 226 g/mol. The van der Waals surface area contributed by atoms with Gasteiger partial charge in [-0.25, -0.2) is 0 Å². The smallest absolute Gasteiger partial charge is 0.0604 e. The Morgan fingerprint density at radius 2 is 2.25 bits per heavy atom. The molecule has 1 saturated heterocycles. The fourth-order valence-electron chi connectivity index (χ4n) is 2.76. The molecule has 1 atom stereocenters. The quantitative estimate of drug-likeness (QED) is 0.646. The zero-order chi connectivity index (χ0) is 11.2. The molecule has 0 amide bonds. The third kappa shape index (κ3) is 3.72. The minimum absolute atomic E-state index is 0.543. The maximum atomic E-state index is 5.55. The van der Waals surface area contributed by atoms with Crippen LogP contribution in [-0.4, -0.2) is 38.4 Å². The standard InChI is InChI=1S/C13H26N2O/c1-2-16-13-8-12(9-13)15-6-3-4-11-5-7-14-10-11/h11-15H,2-10H2,1H3. The average Bonchev–Trinajstić information content (AvgIpc) is 2.72. The topological polar surface area (TPSA) is 33.3 Å². The summed E-state index contributed by atoms with van der Waals surface area (Å²) in [6.07, 6.45) is 7.10. The van der Waals surface area contributed by atoms with E-state index in [1.54, 1.807) is 0 Å². The Labute approximate surface area is 99.3 Å². The van der Waals surface area contributed by atoms with Gasteiger partial charge in [-0.1, -0.05) is 0 Å². The molecule has 1 aliphatic carbocycles. The van der Waals surface area contributed by atoms with Crippen LogP contribution in [0.5, 0.6) is 0 Å². The second-order valence-electron chi connectivity index (χ2n) is 5.20. The van der Waals surface area contributed by atoms with E-state index in [-0.39, 0.29) is 0 Å². The van der Waals surface area contributed by atoms with Crippen molar-refractivity contribution >= 4 is 0 Å². The second kappa shape index (κ2) is 6.58. The van der Waals surface area contributed by atoms with Gasteiger partial charge in [-0.15, -0.1) is 0 Å². The van der Waals surface area contributed by atoms with Crippen LogP contribution in [0.3, 0.4) is 0 Å². The van der Waals surface area contributed by atoms with E-state index in [1.165, 1.54) is 51.7 Å². The summed E-state index contributed by atoms with van der Waals surface area (Å²) in [6.45, 7) is 6.62. The van der Waals surface area contributed by atoms with Crippen LogP contribution in [0.4, 0.5) is 0 Å². The number of rotatable bonds is 7. The number of nitrogens with one attached hydrogen (secondary N) is 2. The van der Waals surface area contributed by atoms with E-state index in [1.807, 2.05) is 0 Å². The van der Waals surface area contributed by atoms with Gasteiger partial charge < -0.3 is 15.4 Å². The van der Waals surface area contributed by atoms with Crippen molar-refractivity contribution in [3.8, 4) is 0 Å². The molecule has 1 aliphatic heterocycles. The molecule has 0 radical (unpaired) electrons. The van der Waals surface area contributed by atoms with E-state index < -0.39 is 0 Å². The van der Waals surface area contributed by atoms with E-state index in [0.717, 1.165) is 18.6 Å². The highest BCUT2D eigenvalue weighted by atomic mass is 16.5. The fraction of sp³-hybridized carbons (Fsp3) is 1.00. The third-order valence-corrected chi connectivity index (χ3v) is 3.88. The molecule has 2 N–H and O–H groups in total. The van der Waals surface area contributed by atoms with Crippen LogP contribution in [0.15, 0.2) is 0 Å². The predicted octanol–water partition coefficient (Wildman–Crippen LogP) is 1.53. The fourth-order valence-corrected chi connectivity index (χ4v) is 2.76. The number of hydrogen-bond acceptors (Lipinski definition) is 3. The van der Waals surface area contributed by atoms with Crippen molar-refractivity contribution < 1.29 is 4.74 Å². The largest absolute Gasteiger partial charge is 0.378 e. The summed E-state index contributed by atoms with van der Waals surface area (Å²) in [5.74, 6) is 0.944. The zero-order valence-electron chi connectivity index (χ0n) is 10.5. The minimum Gasteiger partial charge on any atom is -0.378 e. The maximum Gasteiger partial charge on any atom is 0.0604 e. The summed E-state index contributed by atoms with van der Waals surface area (Å²) in [7, 11) is 0. The first-order chi connectivity index (χ1) is 7.88. The highest BCUT2D eigenvalue weighted by Crippen LogP contribution is 2.23. The van der Waals surface area contributed by atoms with E-state index in [0.29, 0.717) is 6.10 Å². The Morgan fingerprint density at radius 1 is 1.38 bits per heavy atom. The molecule has 0 aromatic heterocycles. The monoisotopic (exact) mass is 226 g/mol. The van der Waals surface area contributed by atoms with Crippen LogP contribution in [0, 0.1) is 5.92 Å². The van der Waals surface area contributed by atoms with Crippen LogP contribution in [0.25, 0.3) is 0 Å². The predicted molar refractivity (Wildman–Crippen MR) is 66.6 cm³/mol. The van der Waals surface area contributed by atoms with Gasteiger partial charge in [0.25, 0.3) is 0 Å². The number of hydrogen-bond donors (Lipinski definition) is 2. The van der Waals surface area contributed by atoms with Crippen LogP contribution in [0.2, 0.25) is 0 Å². The molecule has 3 nitrogen and oxygen atoms in total. The lowest BCUT2D eigenvalue weighted by molar-refractivity contribution is -0.00979. The van der Waals surface area contributed by atoms with Crippen molar-refractivity contribution in [2.75, 3.05) is 26.2 Å². The molecular formula is C13H26N2O. The summed E-state index contributed by atoms with van der Waals surface area (Å²) in [4.78, 5) is 0. The van der Waals surface area contributed by atoms with Crippen molar-refractivity contribution in [3.63, 3.8) is 0 Å². The van der Waals surface area contributed by atoms with Gasteiger partial charge in [0.2, 0.25) is 0 Å². The Bertz CT molecular complexity index is 186.